The van der Waals surface area contributed by atoms with Crippen LogP contribution in [-0.2, 0) is 16.0 Å². The first-order valence-electron chi connectivity index (χ1n) is 7.44. The first kappa shape index (κ1) is 13.4. The number of esters is 1. The Labute approximate surface area is 119 Å². The summed E-state index contributed by atoms with van der Waals surface area (Å²) < 4.78 is 5.22. The van der Waals surface area contributed by atoms with Crippen molar-refractivity contribution in [3.63, 3.8) is 0 Å². The molecule has 0 bridgehead atoms. The lowest BCUT2D eigenvalue weighted by atomic mass is 9.93. The lowest BCUT2D eigenvalue weighted by Gasteiger charge is -2.33. The fourth-order valence-electron chi connectivity index (χ4n) is 3.11. The van der Waals surface area contributed by atoms with E-state index in [-0.39, 0.29) is 11.9 Å². The minimum Gasteiger partial charge on any atom is -0.465 e. The normalized spacial score (nSPS) is 20.4. The number of hydrogen-bond donors (Lipinski definition) is 1. The Kier molecular flexibility index (Phi) is 3.42. The Hall–Kier alpha value is -1.55. The van der Waals surface area contributed by atoms with E-state index in [1.165, 1.54) is 11.3 Å². The summed E-state index contributed by atoms with van der Waals surface area (Å²) in [6, 6.07) is 8.36. The molecule has 1 aromatic rings. The van der Waals surface area contributed by atoms with Gasteiger partial charge < -0.3 is 15.4 Å². The van der Waals surface area contributed by atoms with Crippen LogP contribution in [0.15, 0.2) is 24.3 Å². The van der Waals surface area contributed by atoms with Gasteiger partial charge in [0.2, 0.25) is 0 Å². The molecule has 2 aliphatic rings. The highest BCUT2D eigenvalue weighted by atomic mass is 16.5. The summed E-state index contributed by atoms with van der Waals surface area (Å²) in [5.41, 5.74) is 8.16. The number of ether oxygens (including phenoxy) is 1. The van der Waals surface area contributed by atoms with Crippen molar-refractivity contribution >= 4 is 11.7 Å². The quantitative estimate of drug-likeness (QED) is 0.831. The Morgan fingerprint density at radius 3 is 2.90 bits per heavy atom. The van der Waals surface area contributed by atoms with Gasteiger partial charge in [0.25, 0.3) is 0 Å². The van der Waals surface area contributed by atoms with E-state index >= 15 is 0 Å². The Bertz CT molecular complexity index is 513. The van der Waals surface area contributed by atoms with Gasteiger partial charge in [0.05, 0.1) is 6.61 Å². The zero-order valence-corrected chi connectivity index (χ0v) is 12.0. The molecule has 3 rings (SSSR count). The Morgan fingerprint density at radius 1 is 1.45 bits per heavy atom. The number of carbonyl (C=O) groups excluding carboxylic acids is 1. The monoisotopic (exact) mass is 274 g/mol. The van der Waals surface area contributed by atoms with Gasteiger partial charge in [-0.3, -0.25) is 0 Å². The average Bonchev–Trinajstić information content (AvgIpc) is 3.23. The molecule has 108 valence electrons. The molecule has 4 heteroatoms. The molecule has 1 unspecified atom stereocenters. The number of nitrogens with two attached hydrogens (primary N) is 1. The Morgan fingerprint density at radius 2 is 2.20 bits per heavy atom. The van der Waals surface area contributed by atoms with Gasteiger partial charge in [0, 0.05) is 18.8 Å². The number of nitrogens with zero attached hydrogens (tertiary/aromatic N) is 1. The molecule has 1 heterocycles. The van der Waals surface area contributed by atoms with E-state index in [9.17, 15) is 4.79 Å². The number of benzene rings is 1. The molecule has 1 atom stereocenters. The second kappa shape index (κ2) is 5.09. The molecule has 0 aromatic heterocycles. The molecule has 2 N–H and O–H groups in total. The smallest absolute Gasteiger partial charge is 0.328 e. The minimum atomic E-state index is -0.854. The topological polar surface area (TPSA) is 55.6 Å². The van der Waals surface area contributed by atoms with Crippen molar-refractivity contribution in [3.8, 4) is 0 Å². The van der Waals surface area contributed by atoms with Crippen molar-refractivity contribution in [2.45, 2.75) is 31.7 Å². The van der Waals surface area contributed by atoms with Gasteiger partial charge in [-0.05, 0) is 43.7 Å². The first-order chi connectivity index (χ1) is 9.65. The van der Waals surface area contributed by atoms with Crippen molar-refractivity contribution in [1.82, 2.24) is 0 Å². The van der Waals surface area contributed by atoms with E-state index in [1.807, 2.05) is 13.0 Å². The molecule has 1 fully saturated rings. The molecule has 0 radical (unpaired) electrons. The number of carbonyl (C=O) groups is 1. The van der Waals surface area contributed by atoms with Gasteiger partial charge in [-0.1, -0.05) is 18.2 Å². The lowest BCUT2D eigenvalue weighted by molar-refractivity contribution is -0.150. The van der Waals surface area contributed by atoms with Crippen molar-refractivity contribution in [3.05, 3.63) is 29.8 Å². The zero-order valence-electron chi connectivity index (χ0n) is 12.0. The number of para-hydroxylation sites is 1. The molecule has 1 aliphatic heterocycles. The largest absolute Gasteiger partial charge is 0.465 e. The molecule has 4 nitrogen and oxygen atoms in total. The van der Waals surface area contributed by atoms with Gasteiger partial charge in [0.15, 0.2) is 0 Å². The van der Waals surface area contributed by atoms with Crippen LogP contribution in [0.4, 0.5) is 5.69 Å². The van der Waals surface area contributed by atoms with Crippen LogP contribution in [0, 0.1) is 5.92 Å². The van der Waals surface area contributed by atoms with Crippen LogP contribution in [0.25, 0.3) is 0 Å². The zero-order chi connectivity index (χ0) is 14.2. The number of anilines is 1. The molecular formula is C16H22N2O2. The van der Waals surface area contributed by atoms with Gasteiger partial charge >= 0.3 is 5.97 Å². The van der Waals surface area contributed by atoms with Gasteiger partial charge in [-0.2, -0.15) is 0 Å². The number of fused-ring (bicyclic) bond motifs is 1. The molecule has 20 heavy (non-hydrogen) atoms. The van der Waals surface area contributed by atoms with Crippen molar-refractivity contribution in [2.24, 2.45) is 11.7 Å². The highest BCUT2D eigenvalue weighted by Crippen LogP contribution is 2.41. The Balaban J connectivity index is 1.80. The van der Waals surface area contributed by atoms with Crippen LogP contribution in [0.3, 0.4) is 0 Å². The van der Waals surface area contributed by atoms with Gasteiger partial charge in [-0.15, -0.1) is 0 Å². The van der Waals surface area contributed by atoms with E-state index in [0.717, 1.165) is 25.8 Å². The summed E-state index contributed by atoms with van der Waals surface area (Å²) in [5.74, 6) is 0.0289. The maximum Gasteiger partial charge on any atom is 0.328 e. The molecule has 1 aliphatic carbocycles. The third-order valence-electron chi connectivity index (χ3n) is 4.40. The predicted molar refractivity (Wildman–Crippen MR) is 78.6 cm³/mol. The summed E-state index contributed by atoms with van der Waals surface area (Å²) in [6.45, 7) is 3.72. The van der Waals surface area contributed by atoms with E-state index in [1.54, 1.807) is 0 Å². The van der Waals surface area contributed by atoms with Crippen LogP contribution in [0.1, 0.15) is 25.3 Å². The molecular weight excluding hydrogens is 252 g/mol. The second-order valence-corrected chi connectivity index (χ2v) is 5.84. The molecule has 1 aromatic carbocycles. The number of hydrogen-bond acceptors (Lipinski definition) is 4. The van der Waals surface area contributed by atoms with E-state index in [4.69, 9.17) is 10.5 Å². The highest BCUT2D eigenvalue weighted by Gasteiger charge is 2.50. The second-order valence-electron chi connectivity index (χ2n) is 5.84. The maximum absolute atomic E-state index is 12.3. The summed E-state index contributed by atoms with van der Waals surface area (Å²) in [7, 11) is 0. The standard InChI is InChI=1S/C16H22N2O2/c1-2-20-15(19)16(17,13-7-8-13)11-18-10-9-12-5-3-4-6-14(12)18/h3-6,13H,2,7-11,17H2,1H3. The molecule has 1 saturated carbocycles. The van der Waals surface area contributed by atoms with Gasteiger partial charge in [-0.25, -0.2) is 4.79 Å². The van der Waals surface area contributed by atoms with Crippen molar-refractivity contribution in [1.29, 1.82) is 0 Å². The minimum absolute atomic E-state index is 0.244. The number of rotatable bonds is 5. The summed E-state index contributed by atoms with van der Waals surface area (Å²) in [5, 5.41) is 0. The molecule has 0 saturated heterocycles. The summed E-state index contributed by atoms with van der Waals surface area (Å²) >= 11 is 0. The fraction of sp³-hybridized carbons (Fsp3) is 0.562. The molecule has 0 spiro atoms. The summed E-state index contributed by atoms with van der Waals surface area (Å²) in [4.78, 5) is 14.5. The van der Waals surface area contributed by atoms with E-state index in [2.05, 4.69) is 23.1 Å². The van der Waals surface area contributed by atoms with Gasteiger partial charge in [0.1, 0.15) is 5.54 Å². The summed E-state index contributed by atoms with van der Waals surface area (Å²) in [6.07, 6.45) is 3.09. The fourth-order valence-corrected chi connectivity index (χ4v) is 3.11. The lowest BCUT2D eigenvalue weighted by Crippen LogP contribution is -2.58. The van der Waals surface area contributed by atoms with Crippen LogP contribution >= 0.6 is 0 Å². The highest BCUT2D eigenvalue weighted by molar-refractivity contribution is 5.83. The van der Waals surface area contributed by atoms with Crippen LogP contribution < -0.4 is 10.6 Å². The van der Waals surface area contributed by atoms with Crippen LogP contribution in [0.2, 0.25) is 0 Å². The van der Waals surface area contributed by atoms with Crippen molar-refractivity contribution in [2.75, 3.05) is 24.6 Å². The van der Waals surface area contributed by atoms with E-state index in [0.29, 0.717) is 13.2 Å². The molecule has 0 amide bonds. The third-order valence-corrected chi connectivity index (χ3v) is 4.40. The third kappa shape index (κ3) is 2.29. The first-order valence-corrected chi connectivity index (χ1v) is 7.44. The predicted octanol–water partition coefficient (Wildman–Crippen LogP) is 1.72. The van der Waals surface area contributed by atoms with E-state index < -0.39 is 5.54 Å². The SMILES string of the molecule is CCOC(=O)C(N)(CN1CCc2ccccc21)C1CC1. The van der Waals surface area contributed by atoms with Crippen molar-refractivity contribution < 1.29 is 9.53 Å². The maximum atomic E-state index is 12.3. The van der Waals surface area contributed by atoms with Crippen LogP contribution in [-0.4, -0.2) is 31.2 Å². The van der Waals surface area contributed by atoms with Crippen LogP contribution in [0.5, 0.6) is 0 Å². The average molecular weight is 274 g/mol.